The van der Waals surface area contributed by atoms with Crippen molar-refractivity contribution in [2.24, 2.45) is 0 Å². The molecule has 0 aliphatic heterocycles. The van der Waals surface area contributed by atoms with Gasteiger partial charge in [0, 0.05) is 55.4 Å². The zero-order valence-electron chi connectivity index (χ0n) is 21.9. The predicted octanol–water partition coefficient (Wildman–Crippen LogP) is 6.27. The molecule has 215 valence electrons. The molecule has 0 bridgehead atoms. The second-order valence-electron chi connectivity index (χ2n) is 3.80. The molecule has 1 saturated carbocycles. The van der Waals surface area contributed by atoms with E-state index in [9.17, 15) is 0 Å². The first-order chi connectivity index (χ1) is 16.6. The molecule has 1 radical (unpaired) electrons. The Labute approximate surface area is 249 Å². The second kappa shape index (κ2) is 222. The molecule has 0 spiro atoms. The molecule has 1 rings (SSSR count). The minimum absolute atomic E-state index is 0. The van der Waals surface area contributed by atoms with Gasteiger partial charge in [-0.15, -0.1) is 0 Å². The zero-order valence-corrected chi connectivity index (χ0v) is 28.3. The average molecular weight is 872 g/mol. The summed E-state index contributed by atoms with van der Waals surface area (Å²) in [4.78, 5) is 7.50. The molecule has 1 fully saturated rings. The van der Waals surface area contributed by atoms with Crippen molar-refractivity contribution in [2.45, 2.75) is 66.7 Å². The van der Waals surface area contributed by atoms with Crippen molar-refractivity contribution < 1.29 is 70.3 Å². The van der Waals surface area contributed by atoms with Gasteiger partial charge in [-0.3, -0.25) is 24.6 Å². The average Bonchev–Trinajstić information content (AvgIpc) is 3.34. The zero-order chi connectivity index (χ0) is 30.6. The van der Waals surface area contributed by atoms with E-state index in [0.29, 0.717) is 0 Å². The Balaban J connectivity index is -0.0000000186. The monoisotopic (exact) mass is 872 g/mol. The number of aliphatic hydroxyl groups excluding tert-OH is 5. The van der Waals surface area contributed by atoms with Gasteiger partial charge in [0.1, 0.15) is 0 Å². The van der Waals surface area contributed by atoms with Crippen molar-refractivity contribution in [3.05, 3.63) is 79.9 Å². The number of aliphatic hydroxyl groups is 5. The van der Waals surface area contributed by atoms with Gasteiger partial charge in [0.15, 0.2) is 0 Å². The molecule has 20 nitrogen and oxygen atoms in total. The fourth-order valence-corrected chi connectivity index (χ4v) is 0.884. The van der Waals surface area contributed by atoms with E-state index in [1.165, 1.54) is 56.7 Å². The molecule has 22 heteroatoms. The number of hydrogen-bond donors (Lipinski definition) is 5. The van der Waals surface area contributed by atoms with Crippen LogP contribution in [0.3, 0.4) is 0 Å². The molecule has 0 aromatic rings. The molecule has 0 saturated heterocycles. The first-order valence-corrected chi connectivity index (χ1v) is 9.62. The van der Waals surface area contributed by atoms with Crippen molar-refractivity contribution >= 4 is 0 Å². The van der Waals surface area contributed by atoms with Crippen LogP contribution >= 0.6 is 0 Å². The Bertz CT molecular complexity index is 345. The standard InChI is InChI=1S/C5H10.5C2H6O.5N3.2Ta/c1-2-4-5-3-1;5*1-2-3;5*1-3-2;;/h1-5H2;5*3H,2H2,1H3;;;;;;;/q;;;;;;5*-1;;+5. The van der Waals surface area contributed by atoms with E-state index in [-0.39, 0.29) is 77.8 Å². The summed E-state index contributed by atoms with van der Waals surface area (Å²) in [5.74, 6) is 0. The Morgan fingerprint density at radius 3 is 0.432 bits per heavy atom. The van der Waals surface area contributed by atoms with E-state index in [0.717, 1.165) is 0 Å². The van der Waals surface area contributed by atoms with Crippen molar-refractivity contribution in [3.8, 4) is 0 Å². The fourth-order valence-electron chi connectivity index (χ4n) is 0.884. The molecule has 0 aromatic carbocycles. The normalized spacial score (nSPS) is 6.76. The van der Waals surface area contributed by atoms with Gasteiger partial charge >= 0.3 is 22.4 Å². The van der Waals surface area contributed by atoms with Crippen molar-refractivity contribution in [3.63, 3.8) is 0 Å². The topological polar surface area (TPSA) is 395 Å². The largest absolute Gasteiger partial charge is 5.00 e. The van der Waals surface area contributed by atoms with E-state index < -0.39 is 0 Å². The van der Waals surface area contributed by atoms with E-state index in [1.54, 1.807) is 34.6 Å². The maximum atomic E-state index is 7.57. The molecule has 1 aliphatic rings. The molecule has 37 heavy (non-hydrogen) atoms. The summed E-state index contributed by atoms with van der Waals surface area (Å²) in [6.45, 7) is 9.65. The quantitative estimate of drug-likeness (QED) is 0.106. The van der Waals surface area contributed by atoms with Gasteiger partial charge in [0.05, 0.1) is 0 Å². The molecule has 0 aromatic heterocycles. The van der Waals surface area contributed by atoms with Crippen molar-refractivity contribution in [2.75, 3.05) is 33.0 Å². The molecule has 0 unspecified atom stereocenters. The van der Waals surface area contributed by atoms with Crippen LogP contribution in [0, 0.1) is 0 Å². The van der Waals surface area contributed by atoms with Gasteiger partial charge in [0.2, 0.25) is 0 Å². The van der Waals surface area contributed by atoms with E-state index in [4.69, 9.17) is 80.8 Å². The third-order valence-corrected chi connectivity index (χ3v) is 1.25. The third kappa shape index (κ3) is 4280. The molecule has 0 heterocycles. The third-order valence-electron chi connectivity index (χ3n) is 1.25. The van der Waals surface area contributed by atoms with Gasteiger partial charge in [-0.05, 0) is 34.6 Å². The summed E-state index contributed by atoms with van der Waals surface area (Å²) in [5, 5.41) is 37.8. The Morgan fingerprint density at radius 1 is 0.378 bits per heavy atom. The van der Waals surface area contributed by atoms with Crippen LogP contribution in [-0.4, -0.2) is 58.6 Å². The van der Waals surface area contributed by atoms with Crippen LogP contribution in [0.2, 0.25) is 0 Å². The van der Waals surface area contributed by atoms with E-state index in [2.05, 4.69) is 0 Å². The SMILES string of the molecule is C1CCCC1.CCO.CCO.CCO.CCO.CCO.[N-]=[N+]=[N-].[N-]=[N+]=[N-].[N-]=[N+]=[N-].[N-]=[N+]=[N-].[N-]=[N+]=[N-].[Ta+5].[Ta]. The molecular weight excluding hydrogens is 832 g/mol. The fraction of sp³-hybridized carbons (Fsp3) is 1.00. The first-order valence-electron chi connectivity index (χ1n) is 9.62. The van der Waals surface area contributed by atoms with Crippen LogP contribution in [0.25, 0.3) is 79.9 Å². The minimum Gasteiger partial charge on any atom is -0.397 e. The second-order valence-corrected chi connectivity index (χ2v) is 3.80. The van der Waals surface area contributed by atoms with Gasteiger partial charge in [-0.25, -0.2) is 0 Å². The summed E-state index contributed by atoms with van der Waals surface area (Å²) in [6.07, 6.45) is 7.50. The predicted molar refractivity (Wildman–Crippen MR) is 137 cm³/mol. The first kappa shape index (κ1) is 76.5. The van der Waals surface area contributed by atoms with Gasteiger partial charge in [0.25, 0.3) is 0 Å². The summed E-state index contributed by atoms with van der Waals surface area (Å²) in [7, 11) is 0. The summed E-state index contributed by atoms with van der Waals surface area (Å²) >= 11 is 0. The summed E-state index contributed by atoms with van der Waals surface area (Å²) in [6, 6.07) is 0. The minimum atomic E-state index is 0. The van der Waals surface area contributed by atoms with Crippen LogP contribution in [0.15, 0.2) is 0 Å². The van der Waals surface area contributed by atoms with Crippen LogP contribution in [-0.2, 0) is 44.8 Å². The van der Waals surface area contributed by atoms with Crippen LogP contribution in [0.1, 0.15) is 66.7 Å². The van der Waals surface area contributed by atoms with Crippen LogP contribution in [0.5, 0.6) is 0 Å². The number of nitrogens with zero attached hydrogens (tertiary/aromatic N) is 15. The molecular formula is C15H40N15O5Ta2. The number of hydrogen-bond acceptors (Lipinski definition) is 5. The van der Waals surface area contributed by atoms with E-state index >= 15 is 0 Å². The van der Waals surface area contributed by atoms with Crippen molar-refractivity contribution in [1.29, 1.82) is 0 Å². The Morgan fingerprint density at radius 2 is 0.405 bits per heavy atom. The molecule has 0 atom stereocenters. The van der Waals surface area contributed by atoms with Gasteiger partial charge < -0.3 is 80.8 Å². The maximum absolute atomic E-state index is 7.57. The van der Waals surface area contributed by atoms with Crippen molar-refractivity contribution in [1.82, 2.24) is 0 Å². The van der Waals surface area contributed by atoms with Crippen LogP contribution in [0.4, 0.5) is 0 Å². The van der Waals surface area contributed by atoms with Gasteiger partial charge in [-0.2, -0.15) is 0 Å². The number of rotatable bonds is 0. The maximum Gasteiger partial charge on any atom is 5.00 e. The van der Waals surface area contributed by atoms with Crippen LogP contribution < -0.4 is 0 Å². The Kier molecular flexibility index (Phi) is 458. The summed E-state index contributed by atoms with van der Waals surface area (Å²) in [5.41, 5.74) is 67.5. The summed E-state index contributed by atoms with van der Waals surface area (Å²) < 4.78 is 0. The van der Waals surface area contributed by atoms with E-state index in [1.807, 2.05) is 0 Å². The molecule has 5 N–H and O–H groups in total. The molecule has 0 amide bonds. The molecule has 1 aliphatic carbocycles. The Hall–Kier alpha value is -2.17. The smallest absolute Gasteiger partial charge is 0.397 e. The van der Waals surface area contributed by atoms with Gasteiger partial charge in [-0.1, -0.05) is 32.1 Å².